The zero-order chi connectivity index (χ0) is 11.1. The fraction of sp³-hybridized carbons (Fsp3) is 0.385. The van der Waals surface area contributed by atoms with E-state index in [1.54, 1.807) is 11.8 Å². The van der Waals surface area contributed by atoms with Crippen molar-refractivity contribution in [2.75, 3.05) is 5.75 Å². The standard InChI is InChI=1S/C13H16OS/c1-3-5-6-13(14)11-7-9-12(10-8-11)15-4-2/h1,7-10,13-14H,4-6H2,2H3. The Morgan fingerprint density at radius 1 is 1.40 bits per heavy atom. The third kappa shape index (κ3) is 3.99. The Hall–Kier alpha value is -0.910. The summed E-state index contributed by atoms with van der Waals surface area (Å²) in [6, 6.07) is 8.03. The van der Waals surface area contributed by atoms with Gasteiger partial charge in [0.2, 0.25) is 0 Å². The van der Waals surface area contributed by atoms with Crippen molar-refractivity contribution in [2.24, 2.45) is 0 Å². The Morgan fingerprint density at radius 3 is 2.60 bits per heavy atom. The molecule has 0 aliphatic carbocycles. The molecular formula is C13H16OS. The van der Waals surface area contributed by atoms with Gasteiger partial charge in [-0.05, 0) is 29.9 Å². The largest absolute Gasteiger partial charge is 0.388 e. The van der Waals surface area contributed by atoms with E-state index in [0.717, 1.165) is 11.3 Å². The van der Waals surface area contributed by atoms with Gasteiger partial charge in [-0.3, -0.25) is 0 Å². The lowest BCUT2D eigenvalue weighted by Gasteiger charge is -2.09. The van der Waals surface area contributed by atoms with Gasteiger partial charge in [0.15, 0.2) is 0 Å². The zero-order valence-corrected chi connectivity index (χ0v) is 9.76. The maximum atomic E-state index is 9.77. The molecule has 0 aliphatic rings. The van der Waals surface area contributed by atoms with Crippen LogP contribution in [0.4, 0.5) is 0 Å². The second kappa shape index (κ2) is 6.55. The van der Waals surface area contributed by atoms with Crippen molar-refractivity contribution in [3.63, 3.8) is 0 Å². The third-order valence-corrected chi connectivity index (χ3v) is 3.03. The van der Waals surface area contributed by atoms with Gasteiger partial charge in [0.05, 0.1) is 6.10 Å². The van der Waals surface area contributed by atoms with Gasteiger partial charge in [-0.15, -0.1) is 24.1 Å². The molecule has 1 N–H and O–H groups in total. The van der Waals surface area contributed by atoms with Crippen LogP contribution in [0.2, 0.25) is 0 Å². The van der Waals surface area contributed by atoms with Crippen molar-refractivity contribution in [2.45, 2.75) is 30.8 Å². The van der Waals surface area contributed by atoms with Gasteiger partial charge >= 0.3 is 0 Å². The molecule has 0 saturated heterocycles. The molecule has 2 heteroatoms. The van der Waals surface area contributed by atoms with Crippen molar-refractivity contribution in [3.8, 4) is 12.3 Å². The quantitative estimate of drug-likeness (QED) is 0.607. The third-order valence-electron chi connectivity index (χ3n) is 2.14. The summed E-state index contributed by atoms with van der Waals surface area (Å²) in [5.74, 6) is 3.60. The summed E-state index contributed by atoms with van der Waals surface area (Å²) in [5, 5.41) is 9.77. The van der Waals surface area contributed by atoms with Crippen LogP contribution in [0.1, 0.15) is 31.4 Å². The van der Waals surface area contributed by atoms with Crippen LogP contribution in [0.5, 0.6) is 0 Å². The van der Waals surface area contributed by atoms with E-state index in [0.29, 0.717) is 12.8 Å². The first-order valence-electron chi connectivity index (χ1n) is 5.12. The Kier molecular flexibility index (Phi) is 5.31. The molecule has 0 spiro atoms. The minimum absolute atomic E-state index is 0.429. The van der Waals surface area contributed by atoms with Crippen molar-refractivity contribution in [3.05, 3.63) is 29.8 Å². The summed E-state index contributed by atoms with van der Waals surface area (Å²) in [7, 11) is 0. The summed E-state index contributed by atoms with van der Waals surface area (Å²) in [6.07, 6.45) is 5.98. The van der Waals surface area contributed by atoms with E-state index in [-0.39, 0.29) is 0 Å². The fourth-order valence-electron chi connectivity index (χ4n) is 1.34. The van der Waals surface area contributed by atoms with Crippen molar-refractivity contribution in [1.82, 2.24) is 0 Å². The molecule has 80 valence electrons. The molecule has 0 amide bonds. The molecule has 0 heterocycles. The van der Waals surface area contributed by atoms with E-state index in [1.807, 2.05) is 24.3 Å². The van der Waals surface area contributed by atoms with Gasteiger partial charge in [0.1, 0.15) is 0 Å². The van der Waals surface area contributed by atoms with E-state index in [9.17, 15) is 5.11 Å². The number of hydrogen-bond donors (Lipinski definition) is 1. The molecule has 0 radical (unpaired) electrons. The van der Waals surface area contributed by atoms with Crippen LogP contribution < -0.4 is 0 Å². The minimum Gasteiger partial charge on any atom is -0.388 e. The predicted octanol–water partition coefficient (Wildman–Crippen LogP) is 3.25. The molecule has 0 aromatic heterocycles. The average molecular weight is 220 g/mol. The highest BCUT2D eigenvalue weighted by Gasteiger charge is 2.05. The summed E-state index contributed by atoms with van der Waals surface area (Å²) in [6.45, 7) is 2.13. The lowest BCUT2D eigenvalue weighted by atomic mass is 10.1. The van der Waals surface area contributed by atoms with E-state index in [1.165, 1.54) is 4.90 Å². The topological polar surface area (TPSA) is 20.2 Å². The zero-order valence-electron chi connectivity index (χ0n) is 8.94. The molecule has 0 bridgehead atoms. The molecule has 0 aliphatic heterocycles. The number of terminal acetylenes is 1. The fourth-order valence-corrected chi connectivity index (χ4v) is 2.00. The minimum atomic E-state index is -0.429. The van der Waals surface area contributed by atoms with Gasteiger partial charge in [-0.1, -0.05) is 19.1 Å². The van der Waals surface area contributed by atoms with Gasteiger partial charge in [-0.2, -0.15) is 0 Å². The summed E-state index contributed by atoms with van der Waals surface area (Å²) < 4.78 is 0. The second-order valence-corrected chi connectivity index (χ2v) is 4.60. The number of thioether (sulfide) groups is 1. The molecule has 1 nitrogen and oxygen atoms in total. The maximum Gasteiger partial charge on any atom is 0.0799 e. The maximum absolute atomic E-state index is 9.77. The number of aliphatic hydroxyl groups is 1. The Bertz CT molecular complexity index is 323. The molecular weight excluding hydrogens is 204 g/mol. The van der Waals surface area contributed by atoms with Crippen molar-refractivity contribution >= 4 is 11.8 Å². The smallest absolute Gasteiger partial charge is 0.0799 e. The summed E-state index contributed by atoms with van der Waals surface area (Å²) in [4.78, 5) is 1.24. The second-order valence-electron chi connectivity index (χ2n) is 3.26. The first-order chi connectivity index (χ1) is 7.27. The normalized spacial score (nSPS) is 12.1. The molecule has 1 rings (SSSR count). The van der Waals surface area contributed by atoms with E-state index < -0.39 is 6.10 Å². The van der Waals surface area contributed by atoms with Gasteiger partial charge in [0, 0.05) is 11.3 Å². The van der Waals surface area contributed by atoms with Crippen LogP contribution in [-0.2, 0) is 0 Å². The molecule has 1 atom stereocenters. The van der Waals surface area contributed by atoms with Crippen LogP contribution >= 0.6 is 11.8 Å². The number of benzene rings is 1. The predicted molar refractivity (Wildman–Crippen MR) is 65.9 cm³/mol. The highest BCUT2D eigenvalue weighted by atomic mass is 32.2. The lowest BCUT2D eigenvalue weighted by molar-refractivity contribution is 0.169. The number of aliphatic hydroxyl groups excluding tert-OH is 1. The van der Waals surface area contributed by atoms with Crippen LogP contribution in [-0.4, -0.2) is 10.9 Å². The molecule has 0 saturated carbocycles. The van der Waals surface area contributed by atoms with Crippen LogP contribution in [0.25, 0.3) is 0 Å². The van der Waals surface area contributed by atoms with Gasteiger partial charge in [-0.25, -0.2) is 0 Å². The van der Waals surface area contributed by atoms with Gasteiger partial charge in [0.25, 0.3) is 0 Å². The highest BCUT2D eigenvalue weighted by Crippen LogP contribution is 2.22. The first-order valence-corrected chi connectivity index (χ1v) is 6.10. The van der Waals surface area contributed by atoms with E-state index in [2.05, 4.69) is 12.8 Å². The van der Waals surface area contributed by atoms with E-state index >= 15 is 0 Å². The summed E-state index contributed by atoms with van der Waals surface area (Å²) in [5.41, 5.74) is 0.950. The Labute approximate surface area is 95.9 Å². The highest BCUT2D eigenvalue weighted by molar-refractivity contribution is 7.99. The monoisotopic (exact) mass is 220 g/mol. The number of hydrogen-bond acceptors (Lipinski definition) is 2. The average Bonchev–Trinajstić information content (AvgIpc) is 2.27. The molecule has 1 aromatic carbocycles. The Balaban J connectivity index is 2.59. The molecule has 1 aromatic rings. The SMILES string of the molecule is C#CCCC(O)c1ccc(SCC)cc1. The van der Waals surface area contributed by atoms with Crippen LogP contribution in [0, 0.1) is 12.3 Å². The molecule has 15 heavy (non-hydrogen) atoms. The number of rotatable bonds is 5. The van der Waals surface area contributed by atoms with Crippen molar-refractivity contribution < 1.29 is 5.11 Å². The van der Waals surface area contributed by atoms with Crippen LogP contribution in [0.15, 0.2) is 29.2 Å². The van der Waals surface area contributed by atoms with E-state index in [4.69, 9.17) is 6.42 Å². The molecule has 1 unspecified atom stereocenters. The van der Waals surface area contributed by atoms with Crippen LogP contribution in [0.3, 0.4) is 0 Å². The first kappa shape index (κ1) is 12.2. The Morgan fingerprint density at radius 2 is 2.07 bits per heavy atom. The van der Waals surface area contributed by atoms with Gasteiger partial charge < -0.3 is 5.11 Å². The molecule has 0 fully saturated rings. The summed E-state index contributed by atoms with van der Waals surface area (Å²) >= 11 is 1.80. The lowest BCUT2D eigenvalue weighted by Crippen LogP contribution is -1.96. The van der Waals surface area contributed by atoms with Crippen molar-refractivity contribution in [1.29, 1.82) is 0 Å².